The van der Waals surface area contributed by atoms with Crippen molar-refractivity contribution in [3.63, 3.8) is 0 Å². The van der Waals surface area contributed by atoms with E-state index in [0.29, 0.717) is 30.8 Å². The van der Waals surface area contributed by atoms with Crippen molar-refractivity contribution in [3.05, 3.63) is 42.5 Å². The number of fused-ring (bicyclic) bond motifs is 2. The first-order valence-corrected chi connectivity index (χ1v) is 17.9. The second kappa shape index (κ2) is 13.0. The van der Waals surface area contributed by atoms with Gasteiger partial charge in [-0.3, -0.25) is 19.1 Å². The zero-order valence-electron chi connectivity index (χ0n) is 27.7. The molecule has 48 heavy (non-hydrogen) atoms. The number of carbonyl (C=O) groups excluding carboxylic acids is 3. The highest BCUT2D eigenvalue weighted by atomic mass is 32.2. The SMILES string of the molecule is COc1cccc(-c2cc(O[C@@H]3C[C@H]4C(=O)N[C@]5(C(=O)NS(=O)(=O)C6(C)CC6)C[C@H]5C=CCCCCN(C)C(=O)[C@@H]4C3)nc(OC)n2)c1. The summed E-state index contributed by atoms with van der Waals surface area (Å²) in [5.41, 5.74) is -0.123. The summed E-state index contributed by atoms with van der Waals surface area (Å²) in [7, 11) is 0.844. The van der Waals surface area contributed by atoms with E-state index in [4.69, 9.17) is 14.2 Å². The summed E-state index contributed by atoms with van der Waals surface area (Å²) in [6, 6.07) is 9.12. The van der Waals surface area contributed by atoms with Gasteiger partial charge >= 0.3 is 6.01 Å². The van der Waals surface area contributed by atoms with Crippen LogP contribution < -0.4 is 24.2 Å². The van der Waals surface area contributed by atoms with Crippen LogP contribution in [-0.4, -0.2) is 85.2 Å². The van der Waals surface area contributed by atoms with E-state index in [0.717, 1.165) is 24.8 Å². The van der Waals surface area contributed by atoms with Crippen LogP contribution in [0.15, 0.2) is 42.5 Å². The number of rotatable bonds is 8. The van der Waals surface area contributed by atoms with Gasteiger partial charge in [-0.15, -0.1) is 0 Å². The monoisotopic (exact) mass is 681 g/mol. The second-order valence-electron chi connectivity index (χ2n) is 13.6. The predicted octanol–water partition coefficient (Wildman–Crippen LogP) is 3.01. The Bertz CT molecular complexity index is 1730. The number of nitrogens with one attached hydrogen (secondary N) is 2. The van der Waals surface area contributed by atoms with Crippen molar-refractivity contribution in [2.24, 2.45) is 17.8 Å². The van der Waals surface area contributed by atoms with Crippen molar-refractivity contribution in [2.45, 2.75) is 74.7 Å². The van der Waals surface area contributed by atoms with Crippen LogP contribution in [-0.2, 0) is 24.4 Å². The molecular weight excluding hydrogens is 638 g/mol. The number of carbonyl (C=O) groups is 3. The van der Waals surface area contributed by atoms with Gasteiger partial charge < -0.3 is 24.4 Å². The molecular formula is C34H43N5O8S. The van der Waals surface area contributed by atoms with E-state index in [1.807, 2.05) is 36.4 Å². The Morgan fingerprint density at radius 1 is 1.06 bits per heavy atom. The third-order valence-corrected chi connectivity index (χ3v) is 12.3. The zero-order chi connectivity index (χ0) is 34.3. The van der Waals surface area contributed by atoms with Gasteiger partial charge in [-0.1, -0.05) is 24.3 Å². The lowest BCUT2D eigenvalue weighted by Crippen LogP contribution is -2.55. The third kappa shape index (κ3) is 6.71. The highest BCUT2D eigenvalue weighted by molar-refractivity contribution is 7.91. The molecule has 2 N–H and O–H groups in total. The summed E-state index contributed by atoms with van der Waals surface area (Å²) in [5, 5.41) is 2.92. The molecule has 258 valence electrons. The molecule has 2 aromatic rings. The molecule has 0 saturated heterocycles. The van der Waals surface area contributed by atoms with Crippen LogP contribution in [0.3, 0.4) is 0 Å². The molecule has 2 heterocycles. The molecule has 0 radical (unpaired) electrons. The largest absolute Gasteiger partial charge is 0.497 e. The first-order chi connectivity index (χ1) is 22.9. The van der Waals surface area contributed by atoms with Crippen molar-refractivity contribution in [3.8, 4) is 28.9 Å². The fourth-order valence-corrected chi connectivity index (χ4v) is 7.96. The van der Waals surface area contributed by atoms with E-state index in [9.17, 15) is 22.8 Å². The van der Waals surface area contributed by atoms with Crippen LogP contribution in [0, 0.1) is 17.8 Å². The molecule has 3 fully saturated rings. The smallest absolute Gasteiger partial charge is 0.320 e. The van der Waals surface area contributed by atoms with Crippen LogP contribution in [0.5, 0.6) is 17.6 Å². The standard InChI is InChI=1S/C34H43N5O8S/c1-33(13-14-33)48(43,44)38-31(42)34-20-22(34)11-7-5-6-8-15-39(2)30(41)26-18-24(17-25(26)29(40)37-34)47-28-19-27(35-32(36-28)46-4)21-10-9-12-23(16-21)45-3/h7,9-12,16,19,22,24-26H,5-6,8,13-15,17-18,20H2,1-4H3,(H,37,40)(H,38,42)/t22-,24-,25-,26-,34-/m1/s1. The van der Waals surface area contributed by atoms with Crippen molar-refractivity contribution in [1.29, 1.82) is 0 Å². The summed E-state index contributed by atoms with van der Waals surface area (Å²) in [6.07, 6.45) is 7.29. The molecule has 14 heteroatoms. The Kier molecular flexibility index (Phi) is 9.14. The van der Waals surface area contributed by atoms with Gasteiger partial charge in [0.05, 0.1) is 36.5 Å². The summed E-state index contributed by atoms with van der Waals surface area (Å²) in [4.78, 5) is 52.0. The van der Waals surface area contributed by atoms with Gasteiger partial charge in [-0.25, -0.2) is 8.42 Å². The number of hydrogen-bond donors (Lipinski definition) is 2. The van der Waals surface area contributed by atoms with E-state index >= 15 is 0 Å². The molecule has 1 aromatic carbocycles. The van der Waals surface area contributed by atoms with Crippen molar-refractivity contribution in [2.75, 3.05) is 27.8 Å². The predicted molar refractivity (Wildman–Crippen MR) is 176 cm³/mol. The molecule has 3 aliphatic carbocycles. The topological polar surface area (TPSA) is 166 Å². The Morgan fingerprint density at radius 2 is 1.83 bits per heavy atom. The van der Waals surface area contributed by atoms with Crippen molar-refractivity contribution >= 4 is 27.7 Å². The maximum atomic E-state index is 14.1. The molecule has 3 saturated carbocycles. The first-order valence-electron chi connectivity index (χ1n) is 16.4. The van der Waals surface area contributed by atoms with Crippen LogP contribution in [0.25, 0.3) is 11.3 Å². The summed E-state index contributed by atoms with van der Waals surface area (Å²) < 4.78 is 44.3. The highest BCUT2D eigenvalue weighted by Gasteiger charge is 2.63. The Labute approximate surface area is 280 Å². The molecule has 5 atom stereocenters. The van der Waals surface area contributed by atoms with Crippen LogP contribution in [0.4, 0.5) is 0 Å². The van der Waals surface area contributed by atoms with Gasteiger partial charge in [0.2, 0.25) is 27.7 Å². The maximum absolute atomic E-state index is 14.1. The lowest BCUT2D eigenvalue weighted by atomic mass is 9.93. The quantitative estimate of drug-likeness (QED) is 0.396. The third-order valence-electron chi connectivity index (χ3n) is 10.1. The van der Waals surface area contributed by atoms with Gasteiger partial charge in [0.25, 0.3) is 5.91 Å². The average molecular weight is 682 g/mol. The minimum atomic E-state index is -3.92. The Balaban J connectivity index is 1.26. The fraction of sp³-hybridized carbons (Fsp3) is 0.559. The van der Waals surface area contributed by atoms with Gasteiger partial charge in [-0.05, 0) is 70.4 Å². The number of methoxy groups -OCH3 is 2. The van der Waals surface area contributed by atoms with E-state index in [2.05, 4.69) is 20.0 Å². The molecule has 1 aliphatic heterocycles. The van der Waals surface area contributed by atoms with Gasteiger partial charge in [0.15, 0.2) is 0 Å². The number of sulfonamides is 1. The summed E-state index contributed by atoms with van der Waals surface area (Å²) >= 11 is 0. The minimum absolute atomic E-state index is 0.0892. The molecule has 0 unspecified atom stereocenters. The second-order valence-corrected chi connectivity index (χ2v) is 15.8. The number of nitrogens with zero attached hydrogens (tertiary/aromatic N) is 3. The van der Waals surface area contributed by atoms with Gasteiger partial charge in [-0.2, -0.15) is 9.97 Å². The normalized spacial score (nSPS) is 28.3. The number of allylic oxidation sites excluding steroid dienone is 1. The number of hydrogen-bond acceptors (Lipinski definition) is 10. The van der Waals surface area contributed by atoms with Crippen molar-refractivity contribution < 1.29 is 37.0 Å². The average Bonchev–Trinajstić information content (AvgIpc) is 3.95. The van der Waals surface area contributed by atoms with E-state index in [1.54, 1.807) is 32.0 Å². The highest BCUT2D eigenvalue weighted by Crippen LogP contribution is 2.48. The van der Waals surface area contributed by atoms with Crippen LogP contribution in [0.2, 0.25) is 0 Å². The first kappa shape index (κ1) is 33.7. The van der Waals surface area contributed by atoms with Crippen LogP contribution >= 0.6 is 0 Å². The lowest BCUT2D eigenvalue weighted by Gasteiger charge is -2.27. The summed E-state index contributed by atoms with van der Waals surface area (Å²) in [5.74, 6) is -2.43. The number of ether oxygens (including phenoxy) is 3. The van der Waals surface area contributed by atoms with Crippen molar-refractivity contribution in [1.82, 2.24) is 24.9 Å². The minimum Gasteiger partial charge on any atom is -0.497 e. The molecule has 1 aromatic heterocycles. The zero-order valence-corrected chi connectivity index (χ0v) is 28.5. The molecule has 0 bridgehead atoms. The van der Waals surface area contributed by atoms with E-state index < -0.39 is 50.1 Å². The molecule has 13 nitrogen and oxygen atoms in total. The Hall–Kier alpha value is -4.20. The summed E-state index contributed by atoms with van der Waals surface area (Å²) in [6.45, 7) is 2.15. The van der Waals surface area contributed by atoms with Gasteiger partial charge in [0, 0.05) is 31.1 Å². The Morgan fingerprint density at radius 3 is 2.56 bits per heavy atom. The number of aromatic nitrogens is 2. The van der Waals surface area contributed by atoms with E-state index in [-0.39, 0.29) is 43.0 Å². The van der Waals surface area contributed by atoms with E-state index in [1.165, 1.54) is 7.11 Å². The maximum Gasteiger partial charge on any atom is 0.320 e. The number of amides is 3. The van der Waals surface area contributed by atoms with Gasteiger partial charge in [0.1, 0.15) is 17.4 Å². The molecule has 4 aliphatic rings. The molecule has 3 amide bonds. The van der Waals surface area contributed by atoms with Crippen LogP contribution in [0.1, 0.15) is 58.3 Å². The molecule has 0 spiro atoms. The lowest BCUT2D eigenvalue weighted by molar-refractivity contribution is -0.140. The molecule has 6 rings (SSSR count). The number of benzene rings is 1. The fourth-order valence-electron chi connectivity index (χ4n) is 6.65.